The first-order valence-corrected chi connectivity index (χ1v) is 23.6. The summed E-state index contributed by atoms with van der Waals surface area (Å²) in [5, 5.41) is 44.7. The minimum atomic E-state index is -1.80. The molecule has 1 aromatic heterocycles. The second-order valence-electron chi connectivity index (χ2n) is 18.6. The van der Waals surface area contributed by atoms with Crippen molar-refractivity contribution in [1.82, 2.24) is 46.8 Å². The number of nitrogens with zero attached hydrogens (tertiary/aromatic N) is 3. The zero-order valence-corrected chi connectivity index (χ0v) is 41.1. The number of hydrogen-bond donors (Lipinski definition) is 13. The zero-order valence-electron chi connectivity index (χ0n) is 41.1. The van der Waals surface area contributed by atoms with Crippen molar-refractivity contribution in [3.05, 3.63) is 83.9 Å². The summed E-state index contributed by atoms with van der Waals surface area (Å²) >= 11 is 0. The van der Waals surface area contributed by atoms with Crippen LogP contribution in [0.1, 0.15) is 76.6 Å². The first-order chi connectivity index (χ1) is 34.4. The summed E-state index contributed by atoms with van der Waals surface area (Å²) in [5.41, 5.74) is 16.4. The van der Waals surface area contributed by atoms with Crippen molar-refractivity contribution in [2.24, 2.45) is 28.1 Å². The maximum atomic E-state index is 14.4. The zero-order chi connectivity index (χ0) is 54.0. The maximum absolute atomic E-state index is 14.4. The Morgan fingerprint density at radius 2 is 1.44 bits per heavy atom. The van der Waals surface area contributed by atoms with Crippen molar-refractivity contribution >= 4 is 59.2 Å². The van der Waals surface area contributed by atoms with E-state index in [1.165, 1.54) is 55.5 Å². The maximum Gasteiger partial charge on any atom is 0.326 e. The number of rotatable bonds is 27. The van der Waals surface area contributed by atoms with Gasteiger partial charge in [-0.1, -0.05) is 56.3 Å². The smallest absolute Gasteiger partial charge is 0.326 e. The van der Waals surface area contributed by atoms with Crippen LogP contribution in [0.25, 0.3) is 0 Å². The Morgan fingerprint density at radius 3 is 2.04 bits per heavy atom. The molecule has 2 aromatic carbocycles. The number of imidazole rings is 1. The van der Waals surface area contributed by atoms with Crippen LogP contribution >= 0.6 is 0 Å². The van der Waals surface area contributed by atoms with Crippen molar-refractivity contribution in [3.8, 4) is 5.75 Å². The monoisotopic (exact) mass is 1020 g/mol. The number of phenols is 1. The molecule has 25 heteroatoms. The molecule has 396 valence electrons. The van der Waals surface area contributed by atoms with Crippen molar-refractivity contribution in [2.45, 2.75) is 127 Å². The van der Waals surface area contributed by atoms with Gasteiger partial charge in [-0.25, -0.2) is 9.78 Å². The molecule has 0 aliphatic carbocycles. The number of aromatic hydroxyl groups is 1. The Labute approximate surface area is 421 Å². The van der Waals surface area contributed by atoms with Crippen molar-refractivity contribution < 1.29 is 58.5 Å². The average molecular weight is 1020 g/mol. The molecule has 1 saturated heterocycles. The molecular formula is C48H67N13O12. The molecule has 73 heavy (non-hydrogen) atoms. The lowest BCUT2D eigenvalue weighted by molar-refractivity contribution is -0.145. The summed E-state index contributed by atoms with van der Waals surface area (Å²) in [6, 6.07) is 5.17. The van der Waals surface area contributed by atoms with E-state index in [-0.39, 0.29) is 63.3 Å². The predicted molar refractivity (Wildman–Crippen MR) is 263 cm³/mol. The fraction of sp³-hybridized carbons (Fsp3) is 0.479. The third kappa shape index (κ3) is 17.9. The van der Waals surface area contributed by atoms with E-state index < -0.39 is 113 Å². The molecule has 7 atom stereocenters. The van der Waals surface area contributed by atoms with Gasteiger partial charge in [0.1, 0.15) is 47.5 Å². The molecule has 0 bridgehead atoms. The van der Waals surface area contributed by atoms with Crippen LogP contribution in [0.4, 0.5) is 0 Å². The van der Waals surface area contributed by atoms with Gasteiger partial charge in [0.2, 0.25) is 41.4 Å². The minimum Gasteiger partial charge on any atom is -0.508 e. The van der Waals surface area contributed by atoms with Crippen LogP contribution in [-0.4, -0.2) is 150 Å². The number of hydrogen-bond acceptors (Lipinski definition) is 13. The largest absolute Gasteiger partial charge is 0.508 e. The number of phenolic OH excluding ortho intramolecular Hbond substituents is 1. The number of likely N-dealkylation sites (tertiary alicyclic amines) is 1. The van der Waals surface area contributed by atoms with Gasteiger partial charge in [-0.2, -0.15) is 0 Å². The highest BCUT2D eigenvalue weighted by Gasteiger charge is 2.42. The second-order valence-corrected chi connectivity index (χ2v) is 18.6. The normalized spacial score (nSPS) is 15.8. The number of aliphatic carboxylic acids is 2. The highest BCUT2D eigenvalue weighted by molar-refractivity contribution is 5.99. The quantitative estimate of drug-likeness (QED) is 0.0224. The number of carbonyl (C=O) groups is 9. The molecule has 4 rings (SSSR count). The number of carboxylic acids is 2. The van der Waals surface area contributed by atoms with E-state index in [4.69, 9.17) is 22.3 Å². The topological polar surface area (TPSA) is 409 Å². The van der Waals surface area contributed by atoms with Crippen LogP contribution in [0, 0.1) is 5.92 Å². The Hall–Kier alpha value is -8.09. The van der Waals surface area contributed by atoms with E-state index in [1.54, 1.807) is 44.2 Å². The van der Waals surface area contributed by atoms with Crippen LogP contribution in [-0.2, 0) is 62.4 Å². The number of carbonyl (C=O) groups excluding carboxylic acids is 7. The van der Waals surface area contributed by atoms with Crippen LogP contribution < -0.4 is 49.1 Å². The molecule has 1 aliphatic heterocycles. The van der Waals surface area contributed by atoms with Crippen molar-refractivity contribution in [1.29, 1.82) is 0 Å². The van der Waals surface area contributed by atoms with Gasteiger partial charge in [0.05, 0.1) is 18.8 Å². The molecule has 1 fully saturated rings. The minimum absolute atomic E-state index is 0.00401. The lowest BCUT2D eigenvalue weighted by atomic mass is 9.98. The van der Waals surface area contributed by atoms with Gasteiger partial charge in [0, 0.05) is 44.2 Å². The van der Waals surface area contributed by atoms with E-state index in [2.05, 4.69) is 46.9 Å². The first-order valence-electron chi connectivity index (χ1n) is 23.6. The lowest BCUT2D eigenvalue weighted by Gasteiger charge is -2.33. The molecule has 1 aliphatic rings. The number of aliphatic imine (C=N–C) groups is 1. The van der Waals surface area contributed by atoms with Crippen LogP contribution in [0.5, 0.6) is 5.75 Å². The number of nitrogens with one attached hydrogen (secondary N) is 7. The third-order valence-electron chi connectivity index (χ3n) is 11.9. The van der Waals surface area contributed by atoms with Gasteiger partial charge >= 0.3 is 11.9 Å². The Bertz CT molecular complexity index is 2430. The number of aromatic nitrogens is 2. The van der Waals surface area contributed by atoms with Gasteiger partial charge in [-0.05, 0) is 68.7 Å². The Balaban J connectivity index is 1.55. The summed E-state index contributed by atoms with van der Waals surface area (Å²) in [5.74, 6) is -9.23. The van der Waals surface area contributed by atoms with E-state index >= 15 is 0 Å². The first kappa shape index (κ1) is 57.5. The Kier molecular flexibility index (Phi) is 21.2. The van der Waals surface area contributed by atoms with Gasteiger partial charge in [0.15, 0.2) is 5.96 Å². The number of benzene rings is 2. The van der Waals surface area contributed by atoms with E-state index in [1.807, 2.05) is 0 Å². The van der Waals surface area contributed by atoms with E-state index in [0.29, 0.717) is 23.2 Å². The standard InChI is InChI=1S/C48H67N13O12/c1-26(2)38(59-40(66)32(12-8-18-53-47(50)51)55-39(65)31(49)23-37(63)64)43(69)56-33(20-28-14-16-30(62)17-15-28)41(67)60-48(3,4)46(73)58-34(22-29-24-52-25-54-29)44(70)61-19-9-13-36(61)42(68)57-35(45(71)72)21-27-10-6-5-7-11-27/h5-7,10-11,14-17,24-26,31-36,38,62H,8-9,12-13,18-23,49H2,1-4H3,(H,52,54)(H,55,65)(H,56,69)(H,57,68)(H,58,73)(H,59,66)(H,60,67)(H,63,64)(H,71,72)(H4,50,51,53)/t31-,32-,33-,34-,35-,36-,38-/m0/s1. The molecule has 7 amide bonds. The highest BCUT2D eigenvalue weighted by atomic mass is 16.4. The second kappa shape index (κ2) is 26.9. The molecule has 0 radical (unpaired) electrons. The fourth-order valence-corrected chi connectivity index (χ4v) is 7.89. The highest BCUT2D eigenvalue weighted by Crippen LogP contribution is 2.21. The summed E-state index contributed by atoms with van der Waals surface area (Å²) < 4.78 is 0. The van der Waals surface area contributed by atoms with Crippen LogP contribution in [0.2, 0.25) is 0 Å². The number of nitrogens with two attached hydrogens (primary N) is 3. The SMILES string of the molecule is CC(C)[C@H](NC(=O)[C@H](CCCN=C(N)N)NC(=O)[C@@H](N)CC(=O)O)C(=O)N[C@@H](Cc1ccc(O)cc1)C(=O)NC(C)(C)C(=O)N[C@@H](Cc1cnc[nH]1)C(=O)N1CCC[C@H]1C(=O)N[C@@H](Cc1ccccc1)C(=O)O. The summed E-state index contributed by atoms with van der Waals surface area (Å²) in [6.07, 6.45) is 2.51. The molecule has 25 nitrogen and oxygen atoms in total. The molecule has 2 heterocycles. The lowest BCUT2D eigenvalue weighted by Crippen LogP contribution is -2.64. The number of H-pyrrole nitrogens is 1. The summed E-state index contributed by atoms with van der Waals surface area (Å²) in [7, 11) is 0. The van der Waals surface area contributed by atoms with Gasteiger partial charge in [-0.15, -0.1) is 0 Å². The van der Waals surface area contributed by atoms with Gasteiger partial charge < -0.3 is 74.3 Å². The molecule has 0 unspecified atom stereocenters. The molecular weight excluding hydrogens is 951 g/mol. The predicted octanol–water partition coefficient (Wildman–Crippen LogP) is -1.95. The molecule has 16 N–H and O–H groups in total. The molecule has 3 aromatic rings. The van der Waals surface area contributed by atoms with Crippen LogP contribution in [0.3, 0.4) is 0 Å². The Morgan fingerprint density at radius 1 is 0.795 bits per heavy atom. The fourth-order valence-electron chi connectivity index (χ4n) is 7.89. The third-order valence-corrected chi connectivity index (χ3v) is 11.9. The average Bonchev–Trinajstić information content (AvgIpc) is 4.04. The van der Waals surface area contributed by atoms with Gasteiger partial charge in [-0.3, -0.25) is 43.3 Å². The number of amides is 7. The van der Waals surface area contributed by atoms with Crippen molar-refractivity contribution in [2.75, 3.05) is 13.1 Å². The summed E-state index contributed by atoms with van der Waals surface area (Å²) in [4.78, 5) is 133. The van der Waals surface area contributed by atoms with Gasteiger partial charge in [0.25, 0.3) is 0 Å². The molecule has 0 saturated carbocycles. The number of aromatic amines is 1. The summed E-state index contributed by atoms with van der Waals surface area (Å²) in [6.45, 7) is 6.13. The van der Waals surface area contributed by atoms with Crippen molar-refractivity contribution in [3.63, 3.8) is 0 Å². The molecule has 0 spiro atoms. The van der Waals surface area contributed by atoms with E-state index in [0.717, 1.165) is 0 Å². The van der Waals surface area contributed by atoms with Crippen LogP contribution in [0.15, 0.2) is 72.1 Å². The number of guanidine groups is 1. The van der Waals surface area contributed by atoms with E-state index in [9.17, 15) is 53.4 Å². The number of carboxylic acid groups (broad SMARTS) is 2.